The second kappa shape index (κ2) is 5.96. The van der Waals surface area contributed by atoms with Gasteiger partial charge in [0, 0.05) is 43.7 Å². The molecule has 2 rings (SSSR count). The fourth-order valence-electron chi connectivity index (χ4n) is 2.60. The first-order valence-electron chi connectivity index (χ1n) is 6.54. The molecule has 1 saturated carbocycles. The van der Waals surface area contributed by atoms with Crippen molar-refractivity contribution in [2.24, 2.45) is 14.1 Å². The summed E-state index contributed by atoms with van der Waals surface area (Å²) in [5.74, 6) is 0. The third-order valence-electron chi connectivity index (χ3n) is 3.82. The summed E-state index contributed by atoms with van der Waals surface area (Å²) in [6, 6.07) is 0.486. The standard InChI is InChI=1S/C13H21N3O2S/c1-15-8-9(12(17)16(2)13(15)18)7-14-10-4-5-11(6-10)19-3/h8,10-11,14H,4-7H2,1-3H3. The van der Waals surface area contributed by atoms with Crippen molar-refractivity contribution >= 4 is 11.8 Å². The van der Waals surface area contributed by atoms with E-state index in [1.807, 2.05) is 11.8 Å². The largest absolute Gasteiger partial charge is 0.330 e. The Morgan fingerprint density at radius 1 is 1.37 bits per heavy atom. The lowest BCUT2D eigenvalue weighted by atomic mass is 10.2. The molecule has 106 valence electrons. The van der Waals surface area contributed by atoms with Gasteiger partial charge in [-0.25, -0.2) is 4.79 Å². The highest BCUT2D eigenvalue weighted by Gasteiger charge is 2.23. The van der Waals surface area contributed by atoms with Gasteiger partial charge in [-0.1, -0.05) is 0 Å². The van der Waals surface area contributed by atoms with E-state index in [4.69, 9.17) is 0 Å². The van der Waals surface area contributed by atoms with E-state index < -0.39 is 0 Å². The van der Waals surface area contributed by atoms with Crippen LogP contribution in [0.25, 0.3) is 0 Å². The van der Waals surface area contributed by atoms with Crippen molar-refractivity contribution in [1.82, 2.24) is 14.5 Å². The van der Waals surface area contributed by atoms with Crippen LogP contribution in [0.3, 0.4) is 0 Å². The first kappa shape index (κ1) is 14.4. The molecule has 1 heterocycles. The van der Waals surface area contributed by atoms with Gasteiger partial charge in [-0.3, -0.25) is 9.36 Å². The van der Waals surface area contributed by atoms with Crippen LogP contribution in [-0.4, -0.2) is 26.7 Å². The van der Waals surface area contributed by atoms with E-state index in [0.717, 1.165) is 22.7 Å². The van der Waals surface area contributed by atoms with Crippen molar-refractivity contribution in [1.29, 1.82) is 0 Å². The van der Waals surface area contributed by atoms with Crippen LogP contribution in [-0.2, 0) is 20.6 Å². The highest BCUT2D eigenvalue weighted by atomic mass is 32.2. The number of hydrogen-bond donors (Lipinski definition) is 1. The molecule has 5 nitrogen and oxygen atoms in total. The molecule has 1 aliphatic rings. The summed E-state index contributed by atoms with van der Waals surface area (Å²) >= 11 is 1.92. The smallest absolute Gasteiger partial charge is 0.310 e. The Labute approximate surface area is 117 Å². The Morgan fingerprint density at radius 2 is 2.11 bits per heavy atom. The zero-order valence-corrected chi connectivity index (χ0v) is 12.5. The number of nitrogens with zero attached hydrogens (tertiary/aromatic N) is 2. The van der Waals surface area contributed by atoms with E-state index in [9.17, 15) is 9.59 Å². The van der Waals surface area contributed by atoms with E-state index in [1.54, 1.807) is 13.2 Å². The number of rotatable bonds is 4. The van der Waals surface area contributed by atoms with Gasteiger partial charge in [0.15, 0.2) is 0 Å². The second-order valence-corrected chi connectivity index (χ2v) is 6.30. The Morgan fingerprint density at radius 3 is 2.74 bits per heavy atom. The summed E-state index contributed by atoms with van der Waals surface area (Å²) in [4.78, 5) is 23.6. The Balaban J connectivity index is 2.05. The number of hydrogen-bond acceptors (Lipinski definition) is 4. The molecular weight excluding hydrogens is 262 g/mol. The predicted octanol–water partition coefficient (Wildman–Crippen LogP) is 0.458. The summed E-state index contributed by atoms with van der Waals surface area (Å²) in [6.45, 7) is 0.534. The molecule has 6 heteroatoms. The third kappa shape index (κ3) is 3.12. The van der Waals surface area contributed by atoms with Crippen LogP contribution < -0.4 is 16.6 Å². The molecule has 2 unspecified atom stereocenters. The summed E-state index contributed by atoms with van der Waals surface area (Å²) in [7, 11) is 3.19. The first-order valence-corrected chi connectivity index (χ1v) is 7.83. The first-order chi connectivity index (χ1) is 9.02. The molecule has 0 aromatic carbocycles. The molecule has 0 radical (unpaired) electrons. The van der Waals surface area contributed by atoms with Gasteiger partial charge in [0.25, 0.3) is 5.56 Å². The van der Waals surface area contributed by atoms with Crippen molar-refractivity contribution in [2.75, 3.05) is 6.26 Å². The lowest BCUT2D eigenvalue weighted by Crippen LogP contribution is -2.40. The Kier molecular flexibility index (Phi) is 4.52. The molecule has 1 aromatic rings. The number of aryl methyl sites for hydroxylation is 1. The lowest BCUT2D eigenvalue weighted by Gasteiger charge is -2.13. The molecule has 0 spiro atoms. The summed E-state index contributed by atoms with van der Waals surface area (Å²) in [5, 5.41) is 4.17. The highest BCUT2D eigenvalue weighted by Crippen LogP contribution is 2.28. The maximum atomic E-state index is 12.0. The van der Waals surface area contributed by atoms with Crippen LogP contribution in [0, 0.1) is 0 Å². The summed E-state index contributed by atoms with van der Waals surface area (Å²) in [5.41, 5.74) is 0.171. The Bertz CT molecular complexity index is 564. The van der Waals surface area contributed by atoms with Gasteiger partial charge >= 0.3 is 5.69 Å². The van der Waals surface area contributed by atoms with Crippen molar-refractivity contribution < 1.29 is 0 Å². The SMILES string of the molecule is CSC1CCC(NCc2cn(C)c(=O)n(C)c2=O)C1. The van der Waals surface area contributed by atoms with Crippen LogP contribution in [0.2, 0.25) is 0 Å². The van der Waals surface area contributed by atoms with Crippen LogP contribution in [0.15, 0.2) is 15.8 Å². The average Bonchev–Trinajstić information content (AvgIpc) is 2.87. The van der Waals surface area contributed by atoms with Crippen LogP contribution >= 0.6 is 11.8 Å². The Hall–Kier alpha value is -1.01. The molecular formula is C13H21N3O2S. The molecule has 1 aromatic heterocycles. The van der Waals surface area contributed by atoms with Crippen molar-refractivity contribution in [3.8, 4) is 0 Å². The van der Waals surface area contributed by atoms with Gasteiger partial charge in [-0.05, 0) is 25.5 Å². The minimum absolute atomic E-state index is 0.199. The van der Waals surface area contributed by atoms with E-state index in [2.05, 4.69) is 11.6 Å². The number of aromatic nitrogens is 2. The normalized spacial score (nSPS) is 22.9. The van der Waals surface area contributed by atoms with E-state index >= 15 is 0 Å². The quantitative estimate of drug-likeness (QED) is 0.872. The van der Waals surface area contributed by atoms with Crippen LogP contribution in [0.1, 0.15) is 24.8 Å². The molecule has 0 saturated heterocycles. The fraction of sp³-hybridized carbons (Fsp3) is 0.692. The molecule has 19 heavy (non-hydrogen) atoms. The van der Waals surface area contributed by atoms with Crippen molar-refractivity contribution in [3.63, 3.8) is 0 Å². The topological polar surface area (TPSA) is 56.0 Å². The third-order valence-corrected chi connectivity index (χ3v) is 4.91. The minimum Gasteiger partial charge on any atom is -0.310 e. The maximum Gasteiger partial charge on any atom is 0.330 e. The summed E-state index contributed by atoms with van der Waals surface area (Å²) < 4.78 is 2.62. The van der Waals surface area contributed by atoms with Gasteiger partial charge < -0.3 is 9.88 Å². The minimum atomic E-state index is -0.280. The van der Waals surface area contributed by atoms with Gasteiger partial charge in [0.1, 0.15) is 0 Å². The molecule has 1 aliphatic carbocycles. The molecule has 2 atom stereocenters. The van der Waals surface area contributed by atoms with Crippen LogP contribution in [0.4, 0.5) is 0 Å². The number of thioether (sulfide) groups is 1. The number of nitrogens with one attached hydrogen (secondary N) is 1. The molecule has 1 N–H and O–H groups in total. The van der Waals surface area contributed by atoms with Gasteiger partial charge in [0.2, 0.25) is 0 Å². The average molecular weight is 283 g/mol. The van der Waals surface area contributed by atoms with E-state index in [0.29, 0.717) is 18.2 Å². The maximum absolute atomic E-state index is 12.0. The predicted molar refractivity (Wildman–Crippen MR) is 78.7 cm³/mol. The highest BCUT2D eigenvalue weighted by molar-refractivity contribution is 7.99. The monoisotopic (exact) mass is 283 g/mol. The van der Waals surface area contributed by atoms with Crippen molar-refractivity contribution in [3.05, 3.63) is 32.6 Å². The molecule has 0 amide bonds. The molecule has 0 aliphatic heterocycles. The second-order valence-electron chi connectivity index (χ2n) is 5.16. The molecule has 0 bridgehead atoms. The van der Waals surface area contributed by atoms with E-state index in [1.165, 1.54) is 18.0 Å². The molecule has 1 fully saturated rings. The zero-order valence-electron chi connectivity index (χ0n) is 11.7. The van der Waals surface area contributed by atoms with Gasteiger partial charge in [-0.2, -0.15) is 11.8 Å². The van der Waals surface area contributed by atoms with E-state index in [-0.39, 0.29) is 11.2 Å². The lowest BCUT2D eigenvalue weighted by molar-refractivity contribution is 0.516. The van der Waals surface area contributed by atoms with Gasteiger partial charge in [0.05, 0.1) is 0 Å². The zero-order chi connectivity index (χ0) is 14.0. The van der Waals surface area contributed by atoms with Crippen molar-refractivity contribution in [2.45, 2.75) is 37.1 Å². The summed E-state index contributed by atoms with van der Waals surface area (Å²) in [6.07, 6.45) is 7.35. The van der Waals surface area contributed by atoms with Crippen LogP contribution in [0.5, 0.6) is 0 Å². The fourth-order valence-corrected chi connectivity index (χ4v) is 3.39. The van der Waals surface area contributed by atoms with Gasteiger partial charge in [-0.15, -0.1) is 0 Å².